The van der Waals surface area contributed by atoms with Crippen molar-refractivity contribution in [2.75, 3.05) is 34.2 Å². The van der Waals surface area contributed by atoms with Crippen LogP contribution in [0.1, 0.15) is 39.0 Å². The van der Waals surface area contributed by atoms with Crippen molar-refractivity contribution >= 4 is 0 Å². The van der Waals surface area contributed by atoms with Gasteiger partial charge in [-0.15, -0.1) is 0 Å². The number of nitrogens with zero attached hydrogens (tertiary/aromatic N) is 2. The van der Waals surface area contributed by atoms with Crippen LogP contribution in [0, 0.1) is 5.92 Å². The maximum absolute atomic E-state index is 3.55. The Kier molecular flexibility index (Phi) is 5.05. The number of hydrogen-bond acceptors (Lipinski definition) is 3. The van der Waals surface area contributed by atoms with Crippen molar-refractivity contribution < 1.29 is 0 Å². The van der Waals surface area contributed by atoms with Crippen molar-refractivity contribution in [3.05, 3.63) is 0 Å². The molecule has 0 aromatic carbocycles. The monoisotopic (exact) mass is 253 g/mol. The zero-order chi connectivity index (χ0) is 13.1. The molecule has 2 rings (SSSR count). The first-order valence-corrected chi connectivity index (χ1v) is 7.69. The Balaban J connectivity index is 1.90. The Hall–Kier alpha value is -0.120. The molecule has 0 radical (unpaired) electrons. The lowest BCUT2D eigenvalue weighted by molar-refractivity contribution is 0.0603. The molecule has 106 valence electrons. The zero-order valence-corrected chi connectivity index (χ0v) is 12.7. The van der Waals surface area contributed by atoms with Gasteiger partial charge in [0.05, 0.1) is 0 Å². The average molecular weight is 253 g/mol. The van der Waals surface area contributed by atoms with Crippen LogP contribution in [-0.2, 0) is 0 Å². The van der Waals surface area contributed by atoms with Gasteiger partial charge in [-0.2, -0.15) is 0 Å². The Morgan fingerprint density at radius 1 is 1.06 bits per heavy atom. The minimum absolute atomic E-state index is 0.720. The fourth-order valence-corrected chi connectivity index (χ4v) is 3.82. The minimum atomic E-state index is 0.720. The standard InChI is InChI=1S/C15H31N3/c1-12-5-6-14(16-2)15(11-12)18-9-7-13(8-10-18)17(3)4/h12-16H,5-11H2,1-4H3. The predicted octanol–water partition coefficient (Wildman–Crippen LogP) is 1.79. The van der Waals surface area contributed by atoms with Gasteiger partial charge in [-0.3, -0.25) is 4.90 Å². The molecule has 2 aliphatic rings. The third kappa shape index (κ3) is 3.25. The molecule has 1 N–H and O–H groups in total. The van der Waals surface area contributed by atoms with E-state index >= 15 is 0 Å². The van der Waals surface area contributed by atoms with Gasteiger partial charge in [-0.1, -0.05) is 6.92 Å². The van der Waals surface area contributed by atoms with Gasteiger partial charge >= 0.3 is 0 Å². The van der Waals surface area contributed by atoms with Crippen molar-refractivity contribution in [1.82, 2.24) is 15.1 Å². The van der Waals surface area contributed by atoms with E-state index in [-0.39, 0.29) is 0 Å². The van der Waals surface area contributed by atoms with Gasteiger partial charge < -0.3 is 10.2 Å². The first-order valence-electron chi connectivity index (χ1n) is 7.69. The molecule has 1 aliphatic heterocycles. The largest absolute Gasteiger partial charge is 0.315 e. The predicted molar refractivity (Wildman–Crippen MR) is 77.9 cm³/mol. The summed E-state index contributed by atoms with van der Waals surface area (Å²) in [5, 5.41) is 3.55. The van der Waals surface area contributed by atoms with Crippen LogP contribution in [0.5, 0.6) is 0 Å². The van der Waals surface area contributed by atoms with E-state index in [4.69, 9.17) is 0 Å². The van der Waals surface area contributed by atoms with Crippen LogP contribution in [0.2, 0.25) is 0 Å². The zero-order valence-electron chi connectivity index (χ0n) is 12.7. The summed E-state index contributed by atoms with van der Waals surface area (Å²) in [6.07, 6.45) is 6.83. The van der Waals surface area contributed by atoms with Gasteiger partial charge in [0, 0.05) is 18.1 Å². The Morgan fingerprint density at radius 2 is 1.72 bits per heavy atom. The van der Waals surface area contributed by atoms with Gasteiger partial charge in [0.15, 0.2) is 0 Å². The molecular formula is C15H31N3. The normalized spacial score (nSPS) is 36.2. The molecule has 3 unspecified atom stereocenters. The lowest BCUT2D eigenvalue weighted by Crippen LogP contribution is -2.55. The molecule has 3 atom stereocenters. The molecule has 3 heteroatoms. The van der Waals surface area contributed by atoms with E-state index in [1.807, 2.05) is 0 Å². The Morgan fingerprint density at radius 3 is 2.28 bits per heavy atom. The average Bonchev–Trinajstić information content (AvgIpc) is 2.39. The van der Waals surface area contributed by atoms with E-state index < -0.39 is 0 Å². The van der Waals surface area contributed by atoms with Crippen LogP contribution in [0.4, 0.5) is 0 Å². The van der Waals surface area contributed by atoms with Gasteiger partial charge in [-0.25, -0.2) is 0 Å². The number of hydrogen-bond donors (Lipinski definition) is 1. The van der Waals surface area contributed by atoms with Crippen molar-refractivity contribution in [2.45, 2.75) is 57.2 Å². The second-order valence-corrected chi connectivity index (χ2v) is 6.61. The third-order valence-corrected chi connectivity index (χ3v) is 5.15. The smallest absolute Gasteiger partial charge is 0.0251 e. The van der Waals surface area contributed by atoms with Crippen molar-refractivity contribution in [2.24, 2.45) is 5.92 Å². The summed E-state index contributed by atoms with van der Waals surface area (Å²) in [6.45, 7) is 5.00. The summed E-state index contributed by atoms with van der Waals surface area (Å²) >= 11 is 0. The molecule has 0 bridgehead atoms. The van der Waals surface area contributed by atoms with E-state index in [1.165, 1.54) is 45.2 Å². The van der Waals surface area contributed by atoms with E-state index in [2.05, 4.69) is 43.2 Å². The number of likely N-dealkylation sites (tertiary alicyclic amines) is 1. The van der Waals surface area contributed by atoms with Crippen LogP contribution >= 0.6 is 0 Å². The van der Waals surface area contributed by atoms with Crippen molar-refractivity contribution in [1.29, 1.82) is 0 Å². The molecule has 1 saturated heterocycles. The highest BCUT2D eigenvalue weighted by Gasteiger charge is 2.34. The van der Waals surface area contributed by atoms with Crippen LogP contribution in [0.15, 0.2) is 0 Å². The molecule has 18 heavy (non-hydrogen) atoms. The summed E-state index contributed by atoms with van der Waals surface area (Å²) in [5.41, 5.74) is 0. The molecule has 1 heterocycles. The highest BCUT2D eigenvalue weighted by molar-refractivity contribution is 4.92. The first-order chi connectivity index (χ1) is 8.61. The minimum Gasteiger partial charge on any atom is -0.315 e. The fraction of sp³-hybridized carbons (Fsp3) is 1.00. The molecule has 1 saturated carbocycles. The number of nitrogens with one attached hydrogen (secondary N) is 1. The van der Waals surface area contributed by atoms with Gasteiger partial charge in [0.1, 0.15) is 0 Å². The maximum atomic E-state index is 3.55. The lowest BCUT2D eigenvalue weighted by Gasteiger charge is -2.45. The van der Waals surface area contributed by atoms with E-state index in [0.717, 1.165) is 24.0 Å². The maximum Gasteiger partial charge on any atom is 0.0251 e. The molecule has 3 nitrogen and oxygen atoms in total. The second kappa shape index (κ2) is 6.36. The van der Waals surface area contributed by atoms with E-state index in [0.29, 0.717) is 0 Å². The van der Waals surface area contributed by atoms with Crippen LogP contribution in [0.25, 0.3) is 0 Å². The van der Waals surface area contributed by atoms with Gasteiger partial charge in [0.2, 0.25) is 0 Å². The highest BCUT2D eigenvalue weighted by atomic mass is 15.2. The second-order valence-electron chi connectivity index (χ2n) is 6.61. The van der Waals surface area contributed by atoms with Crippen LogP contribution in [0.3, 0.4) is 0 Å². The summed E-state index contributed by atoms with van der Waals surface area (Å²) < 4.78 is 0. The SMILES string of the molecule is CNC1CCC(C)CC1N1CCC(N(C)C)CC1. The quantitative estimate of drug-likeness (QED) is 0.827. The number of piperidine rings is 1. The van der Waals surface area contributed by atoms with Crippen LogP contribution in [-0.4, -0.2) is 62.2 Å². The van der Waals surface area contributed by atoms with Crippen LogP contribution < -0.4 is 5.32 Å². The van der Waals surface area contributed by atoms with Gasteiger partial charge in [0.25, 0.3) is 0 Å². The molecule has 0 spiro atoms. The number of rotatable bonds is 3. The molecule has 0 amide bonds. The summed E-state index contributed by atoms with van der Waals surface area (Å²) in [5.74, 6) is 0.908. The molecule has 1 aliphatic carbocycles. The fourth-order valence-electron chi connectivity index (χ4n) is 3.82. The molecular weight excluding hydrogens is 222 g/mol. The van der Waals surface area contributed by atoms with Crippen molar-refractivity contribution in [3.8, 4) is 0 Å². The summed E-state index contributed by atoms with van der Waals surface area (Å²) in [7, 11) is 6.58. The Labute approximate surface area is 113 Å². The van der Waals surface area contributed by atoms with Crippen molar-refractivity contribution in [3.63, 3.8) is 0 Å². The molecule has 0 aromatic rings. The molecule has 2 fully saturated rings. The molecule has 0 aromatic heterocycles. The first kappa shape index (κ1) is 14.3. The Bertz CT molecular complexity index is 246. The van der Waals surface area contributed by atoms with E-state index in [1.54, 1.807) is 0 Å². The third-order valence-electron chi connectivity index (χ3n) is 5.15. The number of likely N-dealkylation sites (N-methyl/N-ethyl adjacent to an activating group) is 1. The van der Waals surface area contributed by atoms with Gasteiger partial charge in [-0.05, 0) is 72.3 Å². The lowest BCUT2D eigenvalue weighted by atomic mass is 9.81. The topological polar surface area (TPSA) is 18.5 Å². The summed E-state index contributed by atoms with van der Waals surface area (Å²) in [4.78, 5) is 5.16. The summed E-state index contributed by atoms with van der Waals surface area (Å²) in [6, 6.07) is 2.30. The van der Waals surface area contributed by atoms with E-state index in [9.17, 15) is 0 Å². The highest BCUT2D eigenvalue weighted by Crippen LogP contribution is 2.29.